The Bertz CT molecular complexity index is 302. The fourth-order valence-electron chi connectivity index (χ4n) is 1.82. The van der Waals surface area contributed by atoms with Crippen molar-refractivity contribution in [2.24, 2.45) is 11.8 Å². The minimum absolute atomic E-state index is 0.209. The monoisotopic (exact) mass is 350 g/mol. The molecule has 0 rings (SSSR count). The molecule has 8 nitrogen and oxygen atoms in total. The number of unbranched alkanes of at least 4 members (excludes halogenated alkanes) is 2. The van der Waals surface area contributed by atoms with Gasteiger partial charge in [0.15, 0.2) is 0 Å². The van der Waals surface area contributed by atoms with Crippen molar-refractivity contribution in [1.29, 1.82) is 0 Å². The Balaban J connectivity index is 3.56. The average molecular weight is 350 g/mol. The van der Waals surface area contributed by atoms with E-state index in [9.17, 15) is 9.59 Å². The van der Waals surface area contributed by atoms with Crippen molar-refractivity contribution in [1.82, 2.24) is 0 Å². The molecule has 0 amide bonds. The zero-order valence-corrected chi connectivity index (χ0v) is 15.1. The van der Waals surface area contributed by atoms with Gasteiger partial charge in [-0.05, 0) is 24.7 Å². The van der Waals surface area contributed by atoms with Crippen molar-refractivity contribution in [2.45, 2.75) is 66.2 Å². The molecule has 0 radical (unpaired) electrons. The van der Waals surface area contributed by atoms with Crippen LogP contribution in [0.1, 0.15) is 66.2 Å². The number of rotatable bonds is 13. The van der Waals surface area contributed by atoms with E-state index in [0.29, 0.717) is 0 Å². The Morgan fingerprint density at radius 3 is 1.46 bits per heavy atom. The first kappa shape index (κ1) is 22.5. The lowest BCUT2D eigenvalue weighted by Gasteiger charge is -2.10. The van der Waals surface area contributed by atoms with Crippen LogP contribution in [-0.4, -0.2) is 25.5 Å². The lowest BCUT2D eigenvalue weighted by Crippen LogP contribution is -2.16. The molecule has 0 aromatic rings. The smallest absolute Gasteiger partial charge is 0.432 e. The van der Waals surface area contributed by atoms with Crippen LogP contribution in [0, 0.1) is 11.8 Å². The lowest BCUT2D eigenvalue weighted by atomic mass is 10.1. The average Bonchev–Trinajstić information content (AvgIpc) is 2.58. The molecule has 0 N–H and O–H groups in total. The number of hydrogen-bond donors (Lipinski definition) is 0. The van der Waals surface area contributed by atoms with Gasteiger partial charge in [0, 0.05) is 10.1 Å². The highest BCUT2D eigenvalue weighted by atomic mass is 17.7. The molecule has 0 aliphatic carbocycles. The van der Waals surface area contributed by atoms with Gasteiger partial charge in [0.2, 0.25) is 0 Å². The second kappa shape index (κ2) is 15.0. The summed E-state index contributed by atoms with van der Waals surface area (Å²) >= 11 is 0. The molecule has 0 aromatic carbocycles. The van der Waals surface area contributed by atoms with Crippen molar-refractivity contribution < 1.29 is 38.9 Å². The maximum absolute atomic E-state index is 11.2. The molecule has 0 heterocycles. The maximum Gasteiger partial charge on any atom is 0.542 e. The Hall–Kier alpha value is -1.54. The first-order valence-corrected chi connectivity index (χ1v) is 8.50. The molecular formula is C16H30O8. The van der Waals surface area contributed by atoms with Crippen molar-refractivity contribution >= 4 is 12.3 Å². The molecule has 0 fully saturated rings. The number of carbonyl (C=O) groups is 2. The topological polar surface area (TPSA) is 89.5 Å². The Kier molecular flexibility index (Phi) is 14.1. The second-order valence-corrected chi connectivity index (χ2v) is 5.92. The van der Waals surface area contributed by atoms with Gasteiger partial charge in [-0.2, -0.15) is 0 Å². The van der Waals surface area contributed by atoms with Crippen LogP contribution >= 0.6 is 0 Å². The zero-order chi connectivity index (χ0) is 18.2. The summed E-state index contributed by atoms with van der Waals surface area (Å²) < 4.78 is 9.57. The summed E-state index contributed by atoms with van der Waals surface area (Å²) in [4.78, 5) is 30.5. The number of hydrogen-bond acceptors (Lipinski definition) is 8. The molecule has 0 aromatic heterocycles. The first-order valence-electron chi connectivity index (χ1n) is 8.50. The third-order valence-electron chi connectivity index (χ3n) is 3.30. The zero-order valence-electron chi connectivity index (χ0n) is 15.1. The molecule has 8 heteroatoms. The van der Waals surface area contributed by atoms with E-state index < -0.39 is 12.3 Å². The van der Waals surface area contributed by atoms with E-state index in [-0.39, 0.29) is 25.0 Å². The molecule has 0 saturated heterocycles. The summed E-state index contributed by atoms with van der Waals surface area (Å²) in [5.41, 5.74) is 0. The van der Waals surface area contributed by atoms with Crippen LogP contribution in [0.4, 0.5) is 9.59 Å². The molecule has 0 spiro atoms. The highest BCUT2D eigenvalue weighted by Gasteiger charge is 2.13. The van der Waals surface area contributed by atoms with E-state index in [1.807, 2.05) is 13.8 Å². The van der Waals surface area contributed by atoms with Crippen molar-refractivity contribution in [3.63, 3.8) is 0 Å². The number of carbonyl (C=O) groups excluding carboxylic acids is 2. The molecule has 142 valence electrons. The Morgan fingerprint density at radius 1 is 0.750 bits per heavy atom. The maximum atomic E-state index is 11.2. The van der Waals surface area contributed by atoms with E-state index in [1.54, 1.807) is 0 Å². The van der Waals surface area contributed by atoms with Crippen LogP contribution in [0.25, 0.3) is 0 Å². The van der Waals surface area contributed by atoms with Gasteiger partial charge in [-0.3, -0.25) is 0 Å². The summed E-state index contributed by atoms with van der Waals surface area (Å²) in [6, 6.07) is 0. The van der Waals surface area contributed by atoms with Crippen molar-refractivity contribution in [3.8, 4) is 0 Å². The van der Waals surface area contributed by atoms with Gasteiger partial charge in [0.25, 0.3) is 0 Å². The molecule has 0 aliphatic rings. The minimum Gasteiger partial charge on any atom is -0.432 e. The third kappa shape index (κ3) is 14.1. The van der Waals surface area contributed by atoms with Gasteiger partial charge < -0.3 is 9.47 Å². The van der Waals surface area contributed by atoms with Crippen LogP contribution < -0.4 is 0 Å². The van der Waals surface area contributed by atoms with Gasteiger partial charge >= 0.3 is 12.3 Å². The molecular weight excluding hydrogens is 320 g/mol. The largest absolute Gasteiger partial charge is 0.542 e. The van der Waals surface area contributed by atoms with Gasteiger partial charge in [0.05, 0.1) is 13.2 Å². The summed E-state index contributed by atoms with van der Waals surface area (Å²) in [5, 5.41) is 7.91. The summed E-state index contributed by atoms with van der Waals surface area (Å²) in [6.07, 6.45) is 4.03. The molecule has 2 atom stereocenters. The number of ether oxygens (including phenoxy) is 2. The summed E-state index contributed by atoms with van der Waals surface area (Å²) in [5.74, 6) is 0.443. The Morgan fingerprint density at radius 2 is 1.12 bits per heavy atom. The fraction of sp³-hybridized carbons (Fsp3) is 0.875. The van der Waals surface area contributed by atoms with Crippen LogP contribution in [0.15, 0.2) is 0 Å². The quantitative estimate of drug-likeness (QED) is 0.204. The van der Waals surface area contributed by atoms with Crippen LogP contribution in [0.3, 0.4) is 0 Å². The molecule has 0 aliphatic heterocycles. The van der Waals surface area contributed by atoms with Crippen LogP contribution in [-0.2, 0) is 29.3 Å². The summed E-state index contributed by atoms with van der Waals surface area (Å²) in [7, 11) is 0. The summed E-state index contributed by atoms with van der Waals surface area (Å²) in [6.45, 7) is 8.51. The van der Waals surface area contributed by atoms with Gasteiger partial charge in [-0.1, -0.05) is 53.4 Å². The van der Waals surface area contributed by atoms with E-state index in [4.69, 9.17) is 9.47 Å². The van der Waals surface area contributed by atoms with Gasteiger partial charge in [-0.15, -0.1) is 0 Å². The van der Waals surface area contributed by atoms with Crippen LogP contribution in [0.2, 0.25) is 0 Å². The van der Waals surface area contributed by atoms with Gasteiger partial charge in [0.1, 0.15) is 0 Å². The van der Waals surface area contributed by atoms with Crippen molar-refractivity contribution in [2.75, 3.05) is 13.2 Å². The molecule has 0 bridgehead atoms. The molecule has 24 heavy (non-hydrogen) atoms. The fourth-order valence-corrected chi connectivity index (χ4v) is 1.82. The normalized spacial score (nSPS) is 13.0. The lowest BCUT2D eigenvalue weighted by molar-refractivity contribution is -0.601. The highest BCUT2D eigenvalue weighted by molar-refractivity contribution is 5.59. The third-order valence-corrected chi connectivity index (χ3v) is 3.30. The second-order valence-electron chi connectivity index (χ2n) is 5.92. The van der Waals surface area contributed by atoms with E-state index in [2.05, 4.69) is 33.7 Å². The van der Waals surface area contributed by atoms with E-state index in [0.717, 1.165) is 38.5 Å². The minimum atomic E-state index is -1.08. The highest BCUT2D eigenvalue weighted by Crippen LogP contribution is 2.09. The SMILES string of the molecule is CCCCC(C)COC(=O)OOOOC(=O)OCC(C)CCCC. The van der Waals surface area contributed by atoms with E-state index >= 15 is 0 Å². The molecule has 2 unspecified atom stereocenters. The predicted octanol–water partition coefficient (Wildman–Crippen LogP) is 4.72. The first-order chi connectivity index (χ1) is 11.5. The van der Waals surface area contributed by atoms with Crippen LogP contribution in [0.5, 0.6) is 0 Å². The molecule has 0 saturated carbocycles. The van der Waals surface area contributed by atoms with E-state index in [1.165, 1.54) is 0 Å². The predicted molar refractivity (Wildman–Crippen MR) is 84.4 cm³/mol. The van der Waals surface area contributed by atoms with Crippen molar-refractivity contribution in [3.05, 3.63) is 0 Å². The Labute approximate surface area is 143 Å². The standard InChI is InChI=1S/C16H30O8/c1-5-7-9-13(3)11-19-15(17)21-23-24-22-16(18)20-12-14(4)10-8-6-2/h13-14H,5-12H2,1-4H3. The van der Waals surface area contributed by atoms with Gasteiger partial charge in [-0.25, -0.2) is 19.4 Å².